The Labute approximate surface area is 103 Å². The topological polar surface area (TPSA) is 43.6 Å². The maximum Gasteiger partial charge on any atom is 0.169 e. The van der Waals surface area contributed by atoms with Crippen LogP contribution in [0.15, 0.2) is 48.5 Å². The highest BCUT2D eigenvalue weighted by Crippen LogP contribution is 2.20. The number of rotatable bonds is 3. The Kier molecular flexibility index (Phi) is 2.67. The average molecular weight is 242 g/mol. The minimum Gasteiger partial charge on any atom is -0.325 e. The van der Waals surface area contributed by atoms with Gasteiger partial charge in [0.05, 0.1) is 6.54 Å². The van der Waals surface area contributed by atoms with Crippen molar-refractivity contribution >= 4 is 11.3 Å². The lowest BCUT2D eigenvalue weighted by Gasteiger charge is -2.05. The summed E-state index contributed by atoms with van der Waals surface area (Å²) in [7, 11) is 0. The first-order valence-electron chi connectivity index (χ1n) is 5.23. The summed E-state index contributed by atoms with van der Waals surface area (Å²) in [4.78, 5) is 12.7. The molecule has 0 aliphatic rings. The van der Waals surface area contributed by atoms with Crippen molar-refractivity contribution in [3.8, 4) is 10.8 Å². The van der Waals surface area contributed by atoms with Crippen molar-refractivity contribution < 1.29 is 0 Å². The lowest BCUT2D eigenvalue weighted by molar-refractivity contribution is 0.802. The molecule has 0 amide bonds. The van der Waals surface area contributed by atoms with Gasteiger partial charge in [0.15, 0.2) is 10.8 Å². The molecule has 0 aliphatic heterocycles. The molecule has 3 aromatic heterocycles. The zero-order valence-corrected chi connectivity index (χ0v) is 9.84. The predicted octanol–water partition coefficient (Wildman–Crippen LogP) is 2.45. The third-order valence-corrected chi connectivity index (χ3v) is 3.18. The van der Waals surface area contributed by atoms with E-state index in [-0.39, 0.29) is 0 Å². The fourth-order valence-electron chi connectivity index (χ4n) is 1.66. The number of imidazole rings is 1. The largest absolute Gasteiger partial charge is 0.325 e. The first kappa shape index (κ1) is 10.2. The van der Waals surface area contributed by atoms with Crippen molar-refractivity contribution in [1.29, 1.82) is 0 Å². The number of nitrogens with zero attached hydrogens (tertiary/aromatic N) is 4. The molecule has 0 N–H and O–H groups in total. The highest BCUT2D eigenvalue weighted by molar-refractivity contribution is 7.13. The second kappa shape index (κ2) is 4.47. The summed E-state index contributed by atoms with van der Waals surface area (Å²) in [5, 5.41) is 2.90. The maximum absolute atomic E-state index is 4.35. The van der Waals surface area contributed by atoms with Crippen LogP contribution in [0.25, 0.3) is 10.8 Å². The lowest BCUT2D eigenvalue weighted by atomic mass is 10.3. The van der Waals surface area contributed by atoms with Crippen molar-refractivity contribution in [3.05, 3.63) is 54.1 Å². The zero-order chi connectivity index (χ0) is 11.5. The molecule has 0 bridgehead atoms. The Morgan fingerprint density at radius 2 is 2.18 bits per heavy atom. The quantitative estimate of drug-likeness (QED) is 0.708. The molecule has 3 aromatic rings. The Balaban J connectivity index is 1.92. The van der Waals surface area contributed by atoms with Gasteiger partial charge in [-0.15, -0.1) is 11.3 Å². The number of hydrogen-bond acceptors (Lipinski definition) is 4. The number of hydrogen-bond donors (Lipinski definition) is 0. The highest BCUT2D eigenvalue weighted by Gasteiger charge is 2.08. The van der Waals surface area contributed by atoms with Gasteiger partial charge in [0.25, 0.3) is 0 Å². The van der Waals surface area contributed by atoms with Crippen LogP contribution >= 0.6 is 11.3 Å². The van der Waals surface area contributed by atoms with E-state index in [1.807, 2.05) is 23.8 Å². The predicted molar refractivity (Wildman–Crippen MR) is 66.7 cm³/mol. The van der Waals surface area contributed by atoms with Crippen LogP contribution in [0.2, 0.25) is 0 Å². The molecule has 0 aromatic carbocycles. The van der Waals surface area contributed by atoms with Gasteiger partial charge in [0, 0.05) is 36.4 Å². The monoisotopic (exact) mass is 242 g/mol. The molecular weight excluding hydrogens is 232 g/mol. The molecule has 0 spiro atoms. The van der Waals surface area contributed by atoms with E-state index in [0.717, 1.165) is 22.9 Å². The molecule has 0 saturated heterocycles. The van der Waals surface area contributed by atoms with Gasteiger partial charge in [0.2, 0.25) is 0 Å². The van der Waals surface area contributed by atoms with Gasteiger partial charge in [-0.2, -0.15) is 0 Å². The summed E-state index contributed by atoms with van der Waals surface area (Å²) < 4.78 is 2.08. The Morgan fingerprint density at radius 3 is 2.94 bits per heavy atom. The van der Waals surface area contributed by atoms with E-state index in [4.69, 9.17) is 0 Å². The third-order valence-electron chi connectivity index (χ3n) is 2.41. The molecule has 84 valence electrons. The number of aromatic nitrogens is 4. The van der Waals surface area contributed by atoms with E-state index >= 15 is 0 Å². The molecule has 3 heterocycles. The molecule has 3 rings (SSSR count). The van der Waals surface area contributed by atoms with Gasteiger partial charge in [-0.25, -0.2) is 9.97 Å². The van der Waals surface area contributed by atoms with Gasteiger partial charge in [0.1, 0.15) is 0 Å². The molecule has 0 saturated carbocycles. The minimum absolute atomic E-state index is 0.767. The Bertz CT molecular complexity index is 586. The molecule has 17 heavy (non-hydrogen) atoms. The fraction of sp³-hybridized carbons (Fsp3) is 0.0833. The summed E-state index contributed by atoms with van der Waals surface area (Å²) in [6.07, 6.45) is 9.20. The molecule has 0 unspecified atom stereocenters. The summed E-state index contributed by atoms with van der Waals surface area (Å²) in [6.45, 7) is 0.767. The van der Waals surface area contributed by atoms with Crippen molar-refractivity contribution in [2.45, 2.75) is 6.54 Å². The smallest absolute Gasteiger partial charge is 0.169 e. The minimum atomic E-state index is 0.767. The maximum atomic E-state index is 4.35. The van der Waals surface area contributed by atoms with Gasteiger partial charge < -0.3 is 4.57 Å². The molecule has 0 aliphatic carbocycles. The Hall–Kier alpha value is -2.01. The molecule has 5 heteroatoms. The summed E-state index contributed by atoms with van der Waals surface area (Å²) in [5.74, 6) is 0.906. The number of pyridine rings is 1. The third kappa shape index (κ3) is 2.09. The van der Waals surface area contributed by atoms with Gasteiger partial charge in [-0.3, -0.25) is 4.98 Å². The fourth-order valence-corrected chi connectivity index (χ4v) is 2.30. The van der Waals surface area contributed by atoms with E-state index in [2.05, 4.69) is 25.6 Å². The van der Waals surface area contributed by atoms with Crippen LogP contribution in [0.3, 0.4) is 0 Å². The molecule has 0 radical (unpaired) electrons. The van der Waals surface area contributed by atoms with Crippen LogP contribution < -0.4 is 0 Å². The van der Waals surface area contributed by atoms with Crippen LogP contribution in [0.1, 0.15) is 5.56 Å². The molecular formula is C12H10N4S. The molecule has 0 atom stereocenters. The second-order valence-corrected chi connectivity index (χ2v) is 4.47. The average Bonchev–Trinajstić information content (AvgIpc) is 3.00. The first-order valence-corrected chi connectivity index (χ1v) is 6.11. The number of thiazole rings is 1. The molecule has 4 nitrogen and oxygen atoms in total. The lowest BCUT2D eigenvalue weighted by Crippen LogP contribution is -2.01. The van der Waals surface area contributed by atoms with Crippen LogP contribution in [0.5, 0.6) is 0 Å². The van der Waals surface area contributed by atoms with Crippen molar-refractivity contribution in [1.82, 2.24) is 19.5 Å². The molecule has 0 fully saturated rings. The van der Waals surface area contributed by atoms with Gasteiger partial charge >= 0.3 is 0 Å². The van der Waals surface area contributed by atoms with E-state index < -0.39 is 0 Å². The summed E-state index contributed by atoms with van der Waals surface area (Å²) in [5.41, 5.74) is 1.16. The highest BCUT2D eigenvalue weighted by atomic mass is 32.1. The van der Waals surface area contributed by atoms with Crippen LogP contribution in [-0.4, -0.2) is 19.5 Å². The second-order valence-electron chi connectivity index (χ2n) is 3.58. The SMILES string of the molecule is c1cncc(Cn2ccnc2-c2nccs2)c1. The van der Waals surface area contributed by atoms with Gasteiger partial charge in [-0.1, -0.05) is 6.07 Å². The Morgan fingerprint density at radius 1 is 1.18 bits per heavy atom. The van der Waals surface area contributed by atoms with Crippen LogP contribution in [0.4, 0.5) is 0 Å². The van der Waals surface area contributed by atoms with Gasteiger partial charge in [-0.05, 0) is 11.6 Å². The van der Waals surface area contributed by atoms with Crippen molar-refractivity contribution in [3.63, 3.8) is 0 Å². The zero-order valence-electron chi connectivity index (χ0n) is 9.02. The van der Waals surface area contributed by atoms with E-state index in [9.17, 15) is 0 Å². The van der Waals surface area contributed by atoms with Crippen LogP contribution in [0, 0.1) is 0 Å². The van der Waals surface area contributed by atoms with Crippen molar-refractivity contribution in [2.24, 2.45) is 0 Å². The van der Waals surface area contributed by atoms with E-state index in [1.165, 1.54) is 0 Å². The standard InChI is InChI=1S/C12H10N4S/c1-2-10(8-13-3-1)9-16-6-4-14-11(16)12-15-5-7-17-12/h1-8H,9H2. The van der Waals surface area contributed by atoms with E-state index in [0.29, 0.717) is 0 Å². The first-order chi connectivity index (χ1) is 8.43. The summed E-state index contributed by atoms with van der Waals surface area (Å²) >= 11 is 1.60. The summed E-state index contributed by atoms with van der Waals surface area (Å²) in [6, 6.07) is 3.99. The van der Waals surface area contributed by atoms with Crippen LogP contribution in [-0.2, 0) is 6.54 Å². The van der Waals surface area contributed by atoms with E-state index in [1.54, 1.807) is 29.9 Å². The van der Waals surface area contributed by atoms with Crippen molar-refractivity contribution in [2.75, 3.05) is 0 Å². The normalized spacial score (nSPS) is 10.6.